The third kappa shape index (κ3) is 2.89. The summed E-state index contributed by atoms with van der Waals surface area (Å²) in [4.78, 5) is 31.2. The first-order valence-electron chi connectivity index (χ1n) is 8.02. The summed E-state index contributed by atoms with van der Waals surface area (Å²) < 4.78 is 1.41. The van der Waals surface area contributed by atoms with Crippen molar-refractivity contribution in [3.63, 3.8) is 0 Å². The Kier molecular flexibility index (Phi) is 4.20. The summed E-state index contributed by atoms with van der Waals surface area (Å²) in [6.45, 7) is 0.0258. The van der Waals surface area contributed by atoms with Crippen molar-refractivity contribution in [2.24, 2.45) is 0 Å². The van der Waals surface area contributed by atoms with E-state index >= 15 is 0 Å². The molecular formula is C17H17N3O2S2. The number of thiophene rings is 2. The fraction of sp³-hybridized carbons (Fsp3) is 0.353. The summed E-state index contributed by atoms with van der Waals surface area (Å²) in [5, 5.41) is 7.58. The van der Waals surface area contributed by atoms with Crippen molar-refractivity contribution in [1.29, 1.82) is 0 Å². The molecule has 1 aliphatic carbocycles. The molecule has 0 spiro atoms. The molecule has 7 heteroatoms. The summed E-state index contributed by atoms with van der Waals surface area (Å²) in [6, 6.07) is 4.22. The Morgan fingerprint density at radius 3 is 2.92 bits per heavy atom. The molecular weight excluding hydrogens is 342 g/mol. The van der Waals surface area contributed by atoms with Crippen LogP contribution in [0.3, 0.4) is 0 Å². The van der Waals surface area contributed by atoms with E-state index in [4.69, 9.17) is 0 Å². The lowest BCUT2D eigenvalue weighted by Crippen LogP contribution is -2.37. The topological polar surface area (TPSA) is 64.0 Å². The van der Waals surface area contributed by atoms with Crippen LogP contribution in [-0.2, 0) is 11.3 Å². The van der Waals surface area contributed by atoms with E-state index in [1.807, 2.05) is 22.9 Å². The number of amides is 1. The summed E-state index contributed by atoms with van der Waals surface area (Å²) in [5.74, 6) is -0.113. The predicted molar refractivity (Wildman–Crippen MR) is 97.6 cm³/mol. The van der Waals surface area contributed by atoms with E-state index in [1.54, 1.807) is 11.3 Å². The average molecular weight is 359 g/mol. The van der Waals surface area contributed by atoms with Gasteiger partial charge in [0.05, 0.1) is 11.7 Å². The zero-order valence-corrected chi connectivity index (χ0v) is 14.7. The lowest BCUT2D eigenvalue weighted by atomic mass is 10.2. The van der Waals surface area contributed by atoms with Crippen molar-refractivity contribution in [2.75, 3.05) is 0 Å². The number of carbonyl (C=O) groups excluding carboxylic acids is 1. The molecule has 1 amide bonds. The fourth-order valence-electron chi connectivity index (χ4n) is 3.19. The van der Waals surface area contributed by atoms with Gasteiger partial charge >= 0.3 is 0 Å². The third-order valence-corrected chi connectivity index (χ3v) is 6.17. The minimum atomic E-state index is -0.147. The molecule has 124 valence electrons. The quantitative estimate of drug-likeness (QED) is 0.778. The van der Waals surface area contributed by atoms with Crippen molar-refractivity contribution in [2.45, 2.75) is 38.3 Å². The van der Waals surface area contributed by atoms with Gasteiger partial charge in [-0.25, -0.2) is 4.98 Å². The molecule has 0 unspecified atom stereocenters. The Balaban J connectivity index is 1.64. The third-order valence-electron chi connectivity index (χ3n) is 4.38. The van der Waals surface area contributed by atoms with Crippen molar-refractivity contribution in [3.05, 3.63) is 39.6 Å². The zero-order valence-electron chi connectivity index (χ0n) is 13.0. The van der Waals surface area contributed by atoms with E-state index in [0.29, 0.717) is 5.39 Å². The molecule has 0 atom stereocenters. The summed E-state index contributed by atoms with van der Waals surface area (Å²) >= 11 is 3.06. The molecule has 0 aromatic carbocycles. The number of carbonyl (C=O) groups is 1. The lowest BCUT2D eigenvalue weighted by Gasteiger charge is -2.12. The van der Waals surface area contributed by atoms with Crippen LogP contribution >= 0.6 is 22.7 Å². The normalized spacial score (nSPS) is 15.2. The number of aromatic nitrogens is 2. The highest BCUT2D eigenvalue weighted by Crippen LogP contribution is 2.33. The van der Waals surface area contributed by atoms with Gasteiger partial charge in [0.2, 0.25) is 5.91 Å². The van der Waals surface area contributed by atoms with E-state index in [2.05, 4.69) is 10.3 Å². The van der Waals surface area contributed by atoms with Gasteiger partial charge in [0.1, 0.15) is 11.4 Å². The molecule has 0 aliphatic heterocycles. The van der Waals surface area contributed by atoms with Gasteiger partial charge in [-0.2, -0.15) is 0 Å². The molecule has 0 bridgehead atoms. The van der Waals surface area contributed by atoms with Crippen LogP contribution in [0.1, 0.15) is 25.7 Å². The molecule has 1 aliphatic rings. The minimum Gasteiger partial charge on any atom is -0.352 e. The highest BCUT2D eigenvalue weighted by molar-refractivity contribution is 7.18. The minimum absolute atomic E-state index is 0.0258. The first-order valence-corrected chi connectivity index (χ1v) is 9.78. The molecule has 0 saturated heterocycles. The number of nitrogens with one attached hydrogen (secondary N) is 1. The van der Waals surface area contributed by atoms with Crippen molar-refractivity contribution in [1.82, 2.24) is 14.9 Å². The molecule has 1 N–H and O–H groups in total. The Bertz CT molecular complexity index is 921. The van der Waals surface area contributed by atoms with E-state index in [9.17, 15) is 9.59 Å². The molecule has 0 radical (unpaired) electrons. The summed E-state index contributed by atoms with van der Waals surface area (Å²) in [7, 11) is 0. The van der Waals surface area contributed by atoms with Gasteiger partial charge in [0, 0.05) is 21.9 Å². The molecule has 1 saturated carbocycles. The Morgan fingerprint density at radius 1 is 1.33 bits per heavy atom. The smallest absolute Gasteiger partial charge is 0.263 e. The highest BCUT2D eigenvalue weighted by atomic mass is 32.1. The van der Waals surface area contributed by atoms with Crippen LogP contribution in [0.4, 0.5) is 0 Å². The first kappa shape index (κ1) is 15.5. The van der Waals surface area contributed by atoms with Crippen LogP contribution in [0.5, 0.6) is 0 Å². The van der Waals surface area contributed by atoms with E-state index in [0.717, 1.165) is 41.0 Å². The monoisotopic (exact) mass is 359 g/mol. The number of hydrogen-bond donors (Lipinski definition) is 1. The average Bonchev–Trinajstić information content (AvgIpc) is 3.29. The fourth-order valence-corrected chi connectivity index (χ4v) is 4.91. The van der Waals surface area contributed by atoms with E-state index < -0.39 is 0 Å². The van der Waals surface area contributed by atoms with Crippen LogP contribution in [0.15, 0.2) is 34.0 Å². The molecule has 3 aromatic rings. The molecule has 3 aromatic heterocycles. The SMILES string of the molecule is O=C(Cn1cnc2scc(-c3cccs3)c2c1=O)NC1CCCC1. The Morgan fingerprint density at radius 2 is 2.17 bits per heavy atom. The summed E-state index contributed by atoms with van der Waals surface area (Å²) in [6.07, 6.45) is 5.87. The van der Waals surface area contributed by atoms with Crippen LogP contribution in [-0.4, -0.2) is 21.5 Å². The first-order chi connectivity index (χ1) is 11.7. The number of nitrogens with zero attached hydrogens (tertiary/aromatic N) is 2. The van der Waals surface area contributed by atoms with Crippen molar-refractivity contribution >= 4 is 38.8 Å². The molecule has 1 fully saturated rings. The van der Waals surface area contributed by atoms with Crippen LogP contribution in [0.25, 0.3) is 20.7 Å². The van der Waals surface area contributed by atoms with Gasteiger partial charge < -0.3 is 5.32 Å². The van der Waals surface area contributed by atoms with E-state index in [-0.39, 0.29) is 24.1 Å². The maximum absolute atomic E-state index is 12.8. The second kappa shape index (κ2) is 6.49. The molecule has 3 heterocycles. The maximum atomic E-state index is 12.8. The molecule has 5 nitrogen and oxygen atoms in total. The predicted octanol–water partition coefficient (Wildman–Crippen LogP) is 3.25. The van der Waals surface area contributed by atoms with Crippen LogP contribution in [0.2, 0.25) is 0 Å². The van der Waals surface area contributed by atoms with Crippen molar-refractivity contribution in [3.8, 4) is 10.4 Å². The van der Waals surface area contributed by atoms with E-state index in [1.165, 1.54) is 22.2 Å². The zero-order chi connectivity index (χ0) is 16.5. The van der Waals surface area contributed by atoms with Gasteiger partial charge in [0.15, 0.2) is 0 Å². The van der Waals surface area contributed by atoms with Crippen LogP contribution in [0, 0.1) is 0 Å². The second-order valence-electron chi connectivity index (χ2n) is 6.03. The maximum Gasteiger partial charge on any atom is 0.263 e. The standard InChI is InChI=1S/C17H17N3O2S2/c21-14(19-11-4-1-2-5-11)8-20-10-18-16-15(17(20)22)12(9-24-16)13-6-3-7-23-13/h3,6-7,9-11H,1-2,4-5,8H2,(H,19,21). The highest BCUT2D eigenvalue weighted by Gasteiger charge is 2.19. The largest absolute Gasteiger partial charge is 0.352 e. The number of fused-ring (bicyclic) bond motifs is 1. The van der Waals surface area contributed by atoms with Gasteiger partial charge in [0.25, 0.3) is 5.56 Å². The van der Waals surface area contributed by atoms with Gasteiger partial charge in [-0.05, 0) is 24.3 Å². The molecule has 4 rings (SSSR count). The summed E-state index contributed by atoms with van der Waals surface area (Å²) in [5.41, 5.74) is 0.763. The second-order valence-corrected chi connectivity index (χ2v) is 7.84. The number of rotatable bonds is 4. The van der Waals surface area contributed by atoms with Crippen LogP contribution < -0.4 is 10.9 Å². The number of hydrogen-bond acceptors (Lipinski definition) is 5. The van der Waals surface area contributed by atoms with Gasteiger partial charge in [-0.15, -0.1) is 22.7 Å². The Labute approximate surface area is 147 Å². The van der Waals surface area contributed by atoms with Gasteiger partial charge in [-0.3, -0.25) is 14.2 Å². The van der Waals surface area contributed by atoms with Gasteiger partial charge in [-0.1, -0.05) is 18.9 Å². The lowest BCUT2D eigenvalue weighted by molar-refractivity contribution is -0.122. The van der Waals surface area contributed by atoms with Crippen molar-refractivity contribution < 1.29 is 4.79 Å². The molecule has 24 heavy (non-hydrogen) atoms. The Hall–Kier alpha value is -1.99.